The quantitative estimate of drug-likeness (QED) is 0.943. The standard InChI is InChI=1S/C16H21N3O2/c1-12-17-14-10-13(18-8-4-2-3-5-9-18)6-7-15(14)19(12)11-16(20)21/h6-7,10H,2-5,8-9,11H2,1H3,(H,20,21). The van der Waals surface area contributed by atoms with Crippen molar-refractivity contribution < 1.29 is 9.90 Å². The first kappa shape index (κ1) is 13.9. The van der Waals surface area contributed by atoms with Gasteiger partial charge in [-0.05, 0) is 38.0 Å². The molecule has 2 aromatic rings. The van der Waals surface area contributed by atoms with Crippen molar-refractivity contribution in [2.24, 2.45) is 0 Å². The monoisotopic (exact) mass is 287 g/mol. The number of carboxylic acids is 1. The Hall–Kier alpha value is -2.04. The van der Waals surface area contributed by atoms with Crippen molar-refractivity contribution in [2.45, 2.75) is 39.2 Å². The van der Waals surface area contributed by atoms with Gasteiger partial charge in [-0.1, -0.05) is 12.8 Å². The number of aryl methyl sites for hydroxylation is 1. The molecular formula is C16H21N3O2. The van der Waals surface area contributed by atoms with Gasteiger partial charge in [0.05, 0.1) is 11.0 Å². The van der Waals surface area contributed by atoms with E-state index in [4.69, 9.17) is 5.11 Å². The fourth-order valence-electron chi connectivity index (χ4n) is 3.10. The van der Waals surface area contributed by atoms with Crippen LogP contribution in [0.25, 0.3) is 11.0 Å². The molecule has 0 saturated carbocycles. The molecule has 1 N–H and O–H groups in total. The number of carbonyl (C=O) groups is 1. The minimum atomic E-state index is -0.839. The third kappa shape index (κ3) is 2.86. The highest BCUT2D eigenvalue weighted by Crippen LogP contribution is 2.25. The molecule has 0 radical (unpaired) electrons. The number of carboxylic acid groups (broad SMARTS) is 1. The van der Waals surface area contributed by atoms with Gasteiger partial charge in [0.25, 0.3) is 0 Å². The molecule has 1 fully saturated rings. The minimum absolute atomic E-state index is 0.0363. The van der Waals surface area contributed by atoms with Crippen LogP contribution in [-0.4, -0.2) is 33.7 Å². The maximum Gasteiger partial charge on any atom is 0.323 e. The Morgan fingerprint density at radius 2 is 1.95 bits per heavy atom. The Labute approximate surface area is 124 Å². The molecule has 1 aromatic carbocycles. The Kier molecular flexibility index (Phi) is 3.82. The van der Waals surface area contributed by atoms with Crippen molar-refractivity contribution in [3.05, 3.63) is 24.0 Å². The lowest BCUT2D eigenvalue weighted by atomic mass is 10.2. The lowest BCUT2D eigenvalue weighted by Gasteiger charge is -2.22. The number of hydrogen-bond donors (Lipinski definition) is 1. The van der Waals surface area contributed by atoms with Crippen molar-refractivity contribution >= 4 is 22.7 Å². The number of rotatable bonds is 3. The maximum absolute atomic E-state index is 11.0. The van der Waals surface area contributed by atoms with Gasteiger partial charge in [-0.15, -0.1) is 0 Å². The summed E-state index contributed by atoms with van der Waals surface area (Å²) >= 11 is 0. The molecule has 0 atom stereocenters. The minimum Gasteiger partial charge on any atom is -0.480 e. The molecule has 112 valence electrons. The normalized spacial score (nSPS) is 16.1. The van der Waals surface area contributed by atoms with Gasteiger partial charge in [-0.25, -0.2) is 4.98 Å². The molecule has 5 nitrogen and oxygen atoms in total. The summed E-state index contributed by atoms with van der Waals surface area (Å²) in [6.45, 7) is 4.01. The van der Waals surface area contributed by atoms with E-state index in [2.05, 4.69) is 22.0 Å². The number of aliphatic carboxylic acids is 1. The zero-order valence-corrected chi connectivity index (χ0v) is 12.4. The predicted molar refractivity (Wildman–Crippen MR) is 82.8 cm³/mol. The largest absolute Gasteiger partial charge is 0.480 e. The van der Waals surface area contributed by atoms with E-state index in [1.54, 1.807) is 4.57 Å². The lowest BCUT2D eigenvalue weighted by molar-refractivity contribution is -0.137. The van der Waals surface area contributed by atoms with Crippen LogP contribution in [0.15, 0.2) is 18.2 Å². The number of benzene rings is 1. The number of hydrogen-bond acceptors (Lipinski definition) is 3. The van der Waals surface area contributed by atoms with Gasteiger partial charge in [0.1, 0.15) is 12.4 Å². The van der Waals surface area contributed by atoms with Crippen LogP contribution in [0.2, 0.25) is 0 Å². The van der Waals surface area contributed by atoms with E-state index in [-0.39, 0.29) is 6.54 Å². The molecule has 0 unspecified atom stereocenters. The van der Waals surface area contributed by atoms with E-state index >= 15 is 0 Å². The number of nitrogens with zero attached hydrogens (tertiary/aromatic N) is 3. The SMILES string of the molecule is Cc1nc2cc(N3CCCCCC3)ccc2n1CC(=O)O. The van der Waals surface area contributed by atoms with Crippen LogP contribution in [0.4, 0.5) is 5.69 Å². The summed E-state index contributed by atoms with van der Waals surface area (Å²) in [5.41, 5.74) is 2.98. The second-order valence-corrected chi connectivity index (χ2v) is 5.71. The summed E-state index contributed by atoms with van der Waals surface area (Å²) < 4.78 is 1.75. The average molecular weight is 287 g/mol. The molecule has 1 aromatic heterocycles. The first-order chi connectivity index (χ1) is 10.1. The van der Waals surface area contributed by atoms with Crippen molar-refractivity contribution in [1.29, 1.82) is 0 Å². The zero-order valence-electron chi connectivity index (χ0n) is 12.4. The summed E-state index contributed by atoms with van der Waals surface area (Å²) in [5.74, 6) is -0.0885. The van der Waals surface area contributed by atoms with Crippen LogP contribution in [0.1, 0.15) is 31.5 Å². The third-order valence-electron chi connectivity index (χ3n) is 4.19. The molecule has 1 saturated heterocycles. The van der Waals surface area contributed by atoms with Crippen LogP contribution in [0.3, 0.4) is 0 Å². The van der Waals surface area contributed by atoms with Gasteiger partial charge in [-0.3, -0.25) is 4.79 Å². The van der Waals surface area contributed by atoms with Gasteiger partial charge < -0.3 is 14.6 Å². The third-order valence-corrected chi connectivity index (χ3v) is 4.19. The molecule has 0 amide bonds. The predicted octanol–water partition coefficient (Wildman–Crippen LogP) is 2.81. The molecule has 21 heavy (non-hydrogen) atoms. The van der Waals surface area contributed by atoms with Gasteiger partial charge in [0.15, 0.2) is 0 Å². The summed E-state index contributed by atoms with van der Waals surface area (Å²) in [6, 6.07) is 6.18. The molecule has 1 aliphatic rings. The maximum atomic E-state index is 11.0. The first-order valence-corrected chi connectivity index (χ1v) is 7.59. The number of aromatic nitrogens is 2. The van der Waals surface area contributed by atoms with Crippen molar-refractivity contribution in [3.63, 3.8) is 0 Å². The number of anilines is 1. The Balaban J connectivity index is 1.95. The lowest BCUT2D eigenvalue weighted by Crippen LogP contribution is -2.23. The average Bonchev–Trinajstić information content (AvgIpc) is 2.66. The van der Waals surface area contributed by atoms with E-state index in [9.17, 15) is 4.79 Å². The van der Waals surface area contributed by atoms with Gasteiger partial charge in [-0.2, -0.15) is 0 Å². The van der Waals surface area contributed by atoms with E-state index in [0.717, 1.165) is 29.9 Å². The topological polar surface area (TPSA) is 58.4 Å². The van der Waals surface area contributed by atoms with Crippen LogP contribution < -0.4 is 4.90 Å². The highest BCUT2D eigenvalue weighted by Gasteiger charge is 2.14. The molecule has 1 aliphatic heterocycles. The van der Waals surface area contributed by atoms with E-state index < -0.39 is 5.97 Å². The zero-order chi connectivity index (χ0) is 14.8. The molecule has 0 aliphatic carbocycles. The Bertz CT molecular complexity index is 655. The molecule has 0 spiro atoms. The first-order valence-electron chi connectivity index (χ1n) is 7.59. The van der Waals surface area contributed by atoms with Crippen LogP contribution in [-0.2, 0) is 11.3 Å². The van der Waals surface area contributed by atoms with Crippen LogP contribution >= 0.6 is 0 Å². The van der Waals surface area contributed by atoms with Crippen molar-refractivity contribution in [1.82, 2.24) is 9.55 Å². The summed E-state index contributed by atoms with van der Waals surface area (Å²) in [4.78, 5) is 17.9. The van der Waals surface area contributed by atoms with Crippen molar-refractivity contribution in [2.75, 3.05) is 18.0 Å². The molecule has 3 rings (SSSR count). The fourth-order valence-corrected chi connectivity index (χ4v) is 3.10. The highest BCUT2D eigenvalue weighted by atomic mass is 16.4. The Morgan fingerprint density at radius 3 is 2.62 bits per heavy atom. The fraction of sp³-hybridized carbons (Fsp3) is 0.500. The molecule has 2 heterocycles. The van der Waals surface area contributed by atoms with Crippen molar-refractivity contribution in [3.8, 4) is 0 Å². The Morgan fingerprint density at radius 1 is 1.24 bits per heavy atom. The molecule has 5 heteroatoms. The second kappa shape index (κ2) is 5.76. The van der Waals surface area contributed by atoms with E-state index in [1.165, 1.54) is 31.4 Å². The van der Waals surface area contributed by atoms with E-state index in [1.807, 2.05) is 13.0 Å². The van der Waals surface area contributed by atoms with Crippen LogP contribution in [0.5, 0.6) is 0 Å². The smallest absolute Gasteiger partial charge is 0.323 e. The van der Waals surface area contributed by atoms with Gasteiger partial charge in [0, 0.05) is 18.8 Å². The number of fused-ring (bicyclic) bond motifs is 1. The van der Waals surface area contributed by atoms with E-state index in [0.29, 0.717) is 0 Å². The number of imidazole rings is 1. The van der Waals surface area contributed by atoms with Crippen LogP contribution in [0, 0.1) is 6.92 Å². The summed E-state index contributed by atoms with van der Waals surface area (Å²) in [7, 11) is 0. The van der Waals surface area contributed by atoms with Gasteiger partial charge >= 0.3 is 5.97 Å². The summed E-state index contributed by atoms with van der Waals surface area (Å²) in [5, 5.41) is 9.00. The van der Waals surface area contributed by atoms with Gasteiger partial charge in [0.2, 0.25) is 0 Å². The summed E-state index contributed by atoms with van der Waals surface area (Å²) in [6.07, 6.45) is 5.10. The molecular weight excluding hydrogens is 266 g/mol. The highest BCUT2D eigenvalue weighted by molar-refractivity contribution is 5.82. The second-order valence-electron chi connectivity index (χ2n) is 5.71. The molecule has 0 bridgehead atoms.